The Hall–Kier alpha value is -2.83. The summed E-state index contributed by atoms with van der Waals surface area (Å²) in [4.78, 5) is 26.7. The highest BCUT2D eigenvalue weighted by molar-refractivity contribution is 5.92. The molecule has 2 atom stereocenters. The second-order valence-corrected chi connectivity index (χ2v) is 6.69. The molecule has 144 valence electrons. The summed E-state index contributed by atoms with van der Waals surface area (Å²) in [6.07, 6.45) is 2.91. The molecule has 1 aromatic carbocycles. The maximum absolute atomic E-state index is 13.9. The van der Waals surface area contributed by atoms with Crippen molar-refractivity contribution in [2.75, 3.05) is 20.2 Å². The zero-order valence-corrected chi connectivity index (χ0v) is 15.4. The molecule has 27 heavy (non-hydrogen) atoms. The first-order valence-corrected chi connectivity index (χ1v) is 8.96. The molecular formula is C20H23FN2O4. The van der Waals surface area contributed by atoms with E-state index in [1.54, 1.807) is 30.0 Å². The van der Waals surface area contributed by atoms with Gasteiger partial charge in [0.15, 0.2) is 17.3 Å². The highest BCUT2D eigenvalue weighted by Gasteiger charge is 2.30. The number of hydrogen-bond acceptors (Lipinski definition) is 4. The van der Waals surface area contributed by atoms with Crippen molar-refractivity contribution in [2.24, 2.45) is 5.92 Å². The third-order valence-electron chi connectivity index (χ3n) is 4.85. The van der Waals surface area contributed by atoms with Crippen molar-refractivity contribution < 1.29 is 23.1 Å². The highest BCUT2D eigenvalue weighted by Crippen LogP contribution is 2.23. The average molecular weight is 374 g/mol. The van der Waals surface area contributed by atoms with Crippen molar-refractivity contribution in [3.05, 3.63) is 53.7 Å². The van der Waals surface area contributed by atoms with Gasteiger partial charge in [-0.1, -0.05) is 6.07 Å². The second kappa shape index (κ2) is 8.24. The van der Waals surface area contributed by atoms with Crippen molar-refractivity contribution in [2.45, 2.75) is 25.8 Å². The molecular weight excluding hydrogens is 351 g/mol. The van der Waals surface area contributed by atoms with Gasteiger partial charge in [0.1, 0.15) is 0 Å². The minimum Gasteiger partial charge on any atom is -0.494 e. The van der Waals surface area contributed by atoms with E-state index in [0.29, 0.717) is 25.1 Å². The van der Waals surface area contributed by atoms with Crippen LogP contribution < -0.4 is 10.1 Å². The van der Waals surface area contributed by atoms with Gasteiger partial charge in [-0.25, -0.2) is 4.39 Å². The Labute approximate surface area is 157 Å². The van der Waals surface area contributed by atoms with Gasteiger partial charge in [-0.15, -0.1) is 0 Å². The van der Waals surface area contributed by atoms with Crippen LogP contribution in [0.3, 0.4) is 0 Å². The Morgan fingerprint density at radius 3 is 2.85 bits per heavy atom. The van der Waals surface area contributed by atoms with E-state index >= 15 is 0 Å². The van der Waals surface area contributed by atoms with Crippen LogP contribution in [-0.2, 0) is 4.79 Å². The molecule has 2 amide bonds. The summed E-state index contributed by atoms with van der Waals surface area (Å²) in [5.41, 5.74) is 0.654. The van der Waals surface area contributed by atoms with Gasteiger partial charge in [0, 0.05) is 13.1 Å². The van der Waals surface area contributed by atoms with Crippen LogP contribution in [0.2, 0.25) is 0 Å². The number of furan rings is 1. The van der Waals surface area contributed by atoms with Crippen LogP contribution in [0, 0.1) is 11.7 Å². The molecule has 0 spiro atoms. The Balaban J connectivity index is 1.61. The molecule has 0 aliphatic carbocycles. The Morgan fingerprint density at radius 1 is 1.37 bits per heavy atom. The standard InChI is InChI=1S/C20H23FN2O4/c1-13(14-7-8-17(26-2)16(21)11-14)22-19(24)15-5-3-9-23(12-15)20(25)18-6-4-10-27-18/h4,6-8,10-11,13,15H,3,5,9,12H2,1-2H3,(H,22,24). The van der Waals surface area contributed by atoms with E-state index in [2.05, 4.69) is 5.32 Å². The monoisotopic (exact) mass is 374 g/mol. The largest absolute Gasteiger partial charge is 0.494 e. The minimum absolute atomic E-state index is 0.143. The van der Waals surface area contributed by atoms with E-state index < -0.39 is 5.82 Å². The van der Waals surface area contributed by atoms with Crippen LogP contribution >= 0.6 is 0 Å². The van der Waals surface area contributed by atoms with E-state index in [0.717, 1.165) is 6.42 Å². The molecule has 2 heterocycles. The SMILES string of the molecule is COc1ccc(C(C)NC(=O)C2CCCN(C(=O)c3ccco3)C2)cc1F. The molecule has 1 aromatic heterocycles. The summed E-state index contributed by atoms with van der Waals surface area (Å²) < 4.78 is 24.0. The average Bonchev–Trinajstić information content (AvgIpc) is 3.22. The van der Waals surface area contributed by atoms with Gasteiger partial charge in [-0.2, -0.15) is 0 Å². The van der Waals surface area contributed by atoms with Gasteiger partial charge in [0.25, 0.3) is 5.91 Å². The van der Waals surface area contributed by atoms with E-state index in [1.807, 2.05) is 0 Å². The first-order chi connectivity index (χ1) is 13.0. The summed E-state index contributed by atoms with van der Waals surface area (Å²) in [7, 11) is 1.40. The van der Waals surface area contributed by atoms with E-state index in [-0.39, 0.29) is 35.3 Å². The summed E-state index contributed by atoms with van der Waals surface area (Å²) >= 11 is 0. The zero-order valence-electron chi connectivity index (χ0n) is 15.4. The lowest BCUT2D eigenvalue weighted by atomic mass is 9.96. The normalized spacial score (nSPS) is 18.0. The lowest BCUT2D eigenvalue weighted by molar-refractivity contribution is -0.127. The molecule has 1 N–H and O–H groups in total. The number of halogens is 1. The number of methoxy groups -OCH3 is 1. The topological polar surface area (TPSA) is 71.8 Å². The predicted octanol–water partition coefficient (Wildman–Crippen LogP) is 3.16. The third-order valence-corrected chi connectivity index (χ3v) is 4.85. The van der Waals surface area contributed by atoms with Crippen molar-refractivity contribution in [1.29, 1.82) is 0 Å². The summed E-state index contributed by atoms with van der Waals surface area (Å²) in [5, 5.41) is 2.92. The molecule has 0 saturated carbocycles. The lowest BCUT2D eigenvalue weighted by Gasteiger charge is -2.32. The zero-order chi connectivity index (χ0) is 19.4. The molecule has 2 aromatic rings. The molecule has 7 heteroatoms. The number of carbonyl (C=O) groups is 2. The number of nitrogens with zero attached hydrogens (tertiary/aromatic N) is 1. The molecule has 2 unspecified atom stereocenters. The smallest absolute Gasteiger partial charge is 0.289 e. The van der Waals surface area contributed by atoms with Crippen molar-refractivity contribution >= 4 is 11.8 Å². The molecule has 1 saturated heterocycles. The van der Waals surface area contributed by atoms with Gasteiger partial charge in [0.05, 0.1) is 25.3 Å². The van der Waals surface area contributed by atoms with Crippen molar-refractivity contribution in [3.63, 3.8) is 0 Å². The Morgan fingerprint density at radius 2 is 2.19 bits per heavy atom. The van der Waals surface area contributed by atoms with Crippen LogP contribution in [0.15, 0.2) is 41.0 Å². The minimum atomic E-state index is -0.469. The Kier molecular flexibility index (Phi) is 5.78. The van der Waals surface area contributed by atoms with Gasteiger partial charge in [-0.3, -0.25) is 9.59 Å². The van der Waals surface area contributed by atoms with Crippen molar-refractivity contribution in [1.82, 2.24) is 10.2 Å². The van der Waals surface area contributed by atoms with Crippen LogP contribution in [0.1, 0.15) is 41.9 Å². The first-order valence-electron chi connectivity index (χ1n) is 8.96. The summed E-state index contributed by atoms with van der Waals surface area (Å²) in [5.74, 6) is -0.680. The maximum atomic E-state index is 13.9. The molecule has 1 aliphatic rings. The molecule has 6 nitrogen and oxygen atoms in total. The number of benzene rings is 1. The summed E-state index contributed by atoms with van der Waals surface area (Å²) in [6.45, 7) is 2.74. The highest BCUT2D eigenvalue weighted by atomic mass is 19.1. The molecule has 3 rings (SSSR count). The van der Waals surface area contributed by atoms with Crippen molar-refractivity contribution in [3.8, 4) is 5.75 Å². The van der Waals surface area contributed by atoms with Crippen LogP contribution in [-0.4, -0.2) is 36.9 Å². The molecule has 0 bridgehead atoms. The van der Waals surface area contributed by atoms with E-state index in [4.69, 9.17) is 9.15 Å². The van der Waals surface area contributed by atoms with Crippen LogP contribution in [0.5, 0.6) is 5.75 Å². The van der Waals surface area contributed by atoms with Crippen LogP contribution in [0.25, 0.3) is 0 Å². The third kappa shape index (κ3) is 4.30. The number of amides is 2. The fourth-order valence-electron chi connectivity index (χ4n) is 3.30. The van der Waals surface area contributed by atoms with Gasteiger partial charge in [0.2, 0.25) is 5.91 Å². The van der Waals surface area contributed by atoms with E-state index in [9.17, 15) is 14.0 Å². The number of carbonyl (C=O) groups excluding carboxylic acids is 2. The van der Waals surface area contributed by atoms with Gasteiger partial charge >= 0.3 is 0 Å². The predicted molar refractivity (Wildman–Crippen MR) is 96.8 cm³/mol. The maximum Gasteiger partial charge on any atom is 0.289 e. The number of rotatable bonds is 5. The fraction of sp³-hybridized carbons (Fsp3) is 0.400. The van der Waals surface area contributed by atoms with E-state index in [1.165, 1.54) is 25.5 Å². The molecule has 1 fully saturated rings. The lowest BCUT2D eigenvalue weighted by Crippen LogP contribution is -2.45. The quantitative estimate of drug-likeness (QED) is 0.873. The molecule has 0 radical (unpaired) electrons. The number of piperidine rings is 1. The number of hydrogen-bond donors (Lipinski definition) is 1. The summed E-state index contributed by atoms with van der Waals surface area (Å²) in [6, 6.07) is 7.55. The van der Waals surface area contributed by atoms with Crippen LogP contribution in [0.4, 0.5) is 4.39 Å². The van der Waals surface area contributed by atoms with Gasteiger partial charge in [-0.05, 0) is 49.6 Å². The second-order valence-electron chi connectivity index (χ2n) is 6.69. The molecule has 1 aliphatic heterocycles. The number of ether oxygens (including phenoxy) is 1. The fourth-order valence-corrected chi connectivity index (χ4v) is 3.30. The van der Waals surface area contributed by atoms with Gasteiger partial charge < -0.3 is 19.4 Å². The first kappa shape index (κ1) is 18.9. The number of nitrogens with one attached hydrogen (secondary N) is 1. The Bertz CT molecular complexity index is 806. The number of likely N-dealkylation sites (tertiary alicyclic amines) is 1.